The van der Waals surface area contributed by atoms with E-state index in [0.29, 0.717) is 19.5 Å². The molecule has 3 rings (SSSR count). The maximum absolute atomic E-state index is 12.1. The van der Waals surface area contributed by atoms with E-state index in [1.54, 1.807) is 11.1 Å². The van der Waals surface area contributed by atoms with E-state index < -0.39 is 0 Å². The summed E-state index contributed by atoms with van der Waals surface area (Å²) in [6.07, 6.45) is 2.13. The number of urea groups is 1. The minimum absolute atomic E-state index is 0.00945. The smallest absolute Gasteiger partial charge is 0.315 e. The summed E-state index contributed by atoms with van der Waals surface area (Å²) in [5.41, 5.74) is 1.90. The predicted octanol–water partition coefficient (Wildman–Crippen LogP) is 2.10. The second kappa shape index (κ2) is 7.79. The first kappa shape index (κ1) is 17.0. The standard InChI is InChI=1S/C19H22N4O2/c1-23-17(24)11-15(18(23)14-7-3-2-4-8-14)12-21-19(25)22-13-16-9-5-6-10-20-16/h2-10,15,18H,11-13H2,1H3,(H2,21,22,25)/t15-,18-/m1/s1. The van der Waals surface area contributed by atoms with Crippen molar-refractivity contribution in [2.45, 2.75) is 19.0 Å². The Labute approximate surface area is 147 Å². The van der Waals surface area contributed by atoms with E-state index in [1.807, 2.05) is 55.6 Å². The average Bonchev–Trinajstić information content (AvgIpc) is 2.94. The van der Waals surface area contributed by atoms with Gasteiger partial charge in [-0.15, -0.1) is 0 Å². The molecule has 1 aromatic heterocycles. The number of benzene rings is 1. The number of hydrogen-bond acceptors (Lipinski definition) is 3. The summed E-state index contributed by atoms with van der Waals surface area (Å²) in [6, 6.07) is 15.2. The van der Waals surface area contributed by atoms with Crippen LogP contribution in [-0.2, 0) is 11.3 Å². The second-order valence-electron chi connectivity index (χ2n) is 6.21. The van der Waals surface area contributed by atoms with Gasteiger partial charge in [-0.3, -0.25) is 9.78 Å². The predicted molar refractivity (Wildman–Crippen MR) is 94.5 cm³/mol. The van der Waals surface area contributed by atoms with Crippen molar-refractivity contribution < 1.29 is 9.59 Å². The second-order valence-corrected chi connectivity index (χ2v) is 6.21. The fraction of sp³-hybridized carbons (Fsp3) is 0.316. The Kier molecular flexibility index (Phi) is 5.28. The third kappa shape index (κ3) is 4.15. The molecule has 0 bridgehead atoms. The molecule has 6 heteroatoms. The molecule has 0 saturated carbocycles. The molecule has 3 amide bonds. The normalized spacial score (nSPS) is 19.7. The molecule has 1 aliphatic heterocycles. The molecule has 1 fully saturated rings. The van der Waals surface area contributed by atoms with E-state index in [-0.39, 0.29) is 23.9 Å². The summed E-state index contributed by atoms with van der Waals surface area (Å²) in [6.45, 7) is 0.821. The quantitative estimate of drug-likeness (QED) is 0.877. The lowest BCUT2D eigenvalue weighted by molar-refractivity contribution is -0.127. The minimum Gasteiger partial charge on any atom is -0.338 e. The molecule has 1 aliphatic rings. The Hall–Kier alpha value is -2.89. The van der Waals surface area contributed by atoms with Gasteiger partial charge >= 0.3 is 6.03 Å². The molecule has 25 heavy (non-hydrogen) atoms. The van der Waals surface area contributed by atoms with Crippen molar-refractivity contribution in [2.24, 2.45) is 5.92 Å². The van der Waals surface area contributed by atoms with E-state index in [1.165, 1.54) is 0 Å². The van der Waals surface area contributed by atoms with Gasteiger partial charge in [0.15, 0.2) is 0 Å². The van der Waals surface area contributed by atoms with Gasteiger partial charge in [0.2, 0.25) is 5.91 Å². The van der Waals surface area contributed by atoms with Gasteiger partial charge in [0, 0.05) is 32.1 Å². The van der Waals surface area contributed by atoms with E-state index >= 15 is 0 Å². The van der Waals surface area contributed by atoms with Crippen molar-refractivity contribution in [3.05, 3.63) is 66.0 Å². The first-order valence-corrected chi connectivity index (χ1v) is 8.37. The highest BCUT2D eigenvalue weighted by atomic mass is 16.2. The molecule has 2 atom stereocenters. The van der Waals surface area contributed by atoms with E-state index in [9.17, 15) is 9.59 Å². The van der Waals surface area contributed by atoms with Gasteiger partial charge in [-0.05, 0) is 17.7 Å². The van der Waals surface area contributed by atoms with Gasteiger partial charge in [0.25, 0.3) is 0 Å². The molecule has 0 aliphatic carbocycles. The molecule has 2 heterocycles. The maximum Gasteiger partial charge on any atom is 0.315 e. The monoisotopic (exact) mass is 338 g/mol. The number of likely N-dealkylation sites (tertiary alicyclic amines) is 1. The highest BCUT2D eigenvalue weighted by Gasteiger charge is 2.38. The highest BCUT2D eigenvalue weighted by Crippen LogP contribution is 2.36. The largest absolute Gasteiger partial charge is 0.338 e. The summed E-state index contributed by atoms with van der Waals surface area (Å²) in [5.74, 6) is 0.162. The van der Waals surface area contributed by atoms with Gasteiger partial charge in [-0.25, -0.2) is 4.79 Å². The third-order valence-corrected chi connectivity index (χ3v) is 4.52. The molecular weight excluding hydrogens is 316 g/mol. The molecule has 1 aromatic carbocycles. The van der Waals surface area contributed by atoms with Crippen molar-refractivity contribution in [1.29, 1.82) is 0 Å². The number of nitrogens with zero attached hydrogens (tertiary/aromatic N) is 2. The zero-order chi connectivity index (χ0) is 17.6. The molecule has 130 valence electrons. The number of rotatable bonds is 5. The number of carbonyl (C=O) groups is 2. The highest BCUT2D eigenvalue weighted by molar-refractivity contribution is 5.80. The third-order valence-electron chi connectivity index (χ3n) is 4.52. The van der Waals surface area contributed by atoms with Crippen LogP contribution in [0.15, 0.2) is 54.7 Å². The average molecular weight is 338 g/mol. The molecule has 0 unspecified atom stereocenters. The molecule has 6 nitrogen and oxygen atoms in total. The van der Waals surface area contributed by atoms with Crippen molar-refractivity contribution >= 4 is 11.9 Å². The number of amides is 3. The number of pyridine rings is 1. The number of aromatic nitrogens is 1. The lowest BCUT2D eigenvalue weighted by atomic mass is 9.94. The van der Waals surface area contributed by atoms with Crippen LogP contribution in [0.1, 0.15) is 23.7 Å². The molecule has 0 radical (unpaired) electrons. The zero-order valence-electron chi connectivity index (χ0n) is 14.2. The van der Waals surface area contributed by atoms with Crippen molar-refractivity contribution in [1.82, 2.24) is 20.5 Å². The topological polar surface area (TPSA) is 74.3 Å². The van der Waals surface area contributed by atoms with Crippen molar-refractivity contribution in [2.75, 3.05) is 13.6 Å². The summed E-state index contributed by atoms with van der Waals surface area (Å²) in [7, 11) is 1.82. The first-order valence-electron chi connectivity index (χ1n) is 8.37. The van der Waals surface area contributed by atoms with E-state index in [2.05, 4.69) is 15.6 Å². The Balaban J connectivity index is 1.56. The fourth-order valence-electron chi connectivity index (χ4n) is 3.24. The molecular formula is C19H22N4O2. The summed E-state index contributed by atoms with van der Waals surface area (Å²) < 4.78 is 0. The Bertz CT molecular complexity index is 721. The van der Waals surface area contributed by atoms with Crippen LogP contribution < -0.4 is 10.6 Å². The van der Waals surface area contributed by atoms with Crippen LogP contribution >= 0.6 is 0 Å². The zero-order valence-corrected chi connectivity index (χ0v) is 14.2. The summed E-state index contributed by atoms with van der Waals surface area (Å²) in [4.78, 5) is 30.1. The number of nitrogens with one attached hydrogen (secondary N) is 2. The fourth-order valence-corrected chi connectivity index (χ4v) is 3.24. The SMILES string of the molecule is CN1C(=O)C[C@H](CNC(=O)NCc2ccccn2)[C@H]1c1ccccc1. The lowest BCUT2D eigenvalue weighted by Crippen LogP contribution is -2.39. The van der Waals surface area contributed by atoms with Gasteiger partial charge in [-0.2, -0.15) is 0 Å². The van der Waals surface area contributed by atoms with Crippen molar-refractivity contribution in [3.8, 4) is 0 Å². The van der Waals surface area contributed by atoms with Crippen LogP contribution in [0, 0.1) is 5.92 Å². The number of hydrogen-bond donors (Lipinski definition) is 2. The molecule has 0 spiro atoms. The van der Waals surface area contributed by atoms with Crippen LogP contribution in [0.2, 0.25) is 0 Å². The molecule has 2 aromatic rings. The summed E-state index contributed by atoms with van der Waals surface area (Å²) in [5, 5.41) is 5.67. The van der Waals surface area contributed by atoms with Crippen LogP contribution in [-0.4, -0.2) is 35.4 Å². The molecule has 1 saturated heterocycles. The van der Waals surface area contributed by atoms with Crippen LogP contribution in [0.4, 0.5) is 4.79 Å². The van der Waals surface area contributed by atoms with Crippen LogP contribution in [0.25, 0.3) is 0 Å². The first-order chi connectivity index (χ1) is 12.1. The number of carbonyl (C=O) groups excluding carboxylic acids is 2. The van der Waals surface area contributed by atoms with E-state index in [4.69, 9.17) is 0 Å². The van der Waals surface area contributed by atoms with Gasteiger partial charge in [-0.1, -0.05) is 36.4 Å². The van der Waals surface area contributed by atoms with Gasteiger partial charge in [0.1, 0.15) is 0 Å². The maximum atomic E-state index is 12.1. The van der Waals surface area contributed by atoms with Crippen molar-refractivity contribution in [3.63, 3.8) is 0 Å². The Morgan fingerprint density at radius 3 is 2.64 bits per heavy atom. The van der Waals surface area contributed by atoms with Crippen LogP contribution in [0.5, 0.6) is 0 Å². The lowest BCUT2D eigenvalue weighted by Gasteiger charge is -2.25. The van der Waals surface area contributed by atoms with Gasteiger partial charge in [0.05, 0.1) is 18.3 Å². The van der Waals surface area contributed by atoms with Gasteiger partial charge < -0.3 is 15.5 Å². The minimum atomic E-state index is -0.250. The summed E-state index contributed by atoms with van der Waals surface area (Å²) >= 11 is 0. The Morgan fingerprint density at radius 1 is 1.16 bits per heavy atom. The molecule has 2 N–H and O–H groups in total. The van der Waals surface area contributed by atoms with Crippen LogP contribution in [0.3, 0.4) is 0 Å². The Morgan fingerprint density at radius 2 is 1.92 bits per heavy atom. The van der Waals surface area contributed by atoms with E-state index in [0.717, 1.165) is 11.3 Å².